The van der Waals surface area contributed by atoms with Gasteiger partial charge in [0.25, 0.3) is 5.91 Å². The lowest BCUT2D eigenvalue weighted by atomic mass is 10.0. The fraction of sp³-hybridized carbons (Fsp3) is 0.333. The highest BCUT2D eigenvalue weighted by atomic mass is 16.5. The van der Waals surface area contributed by atoms with Crippen LogP contribution in [-0.2, 0) is 9.53 Å². The number of fused-ring (bicyclic) bond motifs is 1. The van der Waals surface area contributed by atoms with Crippen LogP contribution in [0.3, 0.4) is 0 Å². The number of morpholine rings is 1. The molecule has 0 aliphatic carbocycles. The molecule has 1 aliphatic rings. The van der Waals surface area contributed by atoms with Crippen LogP contribution in [0.2, 0.25) is 0 Å². The van der Waals surface area contributed by atoms with Crippen molar-refractivity contribution in [2.24, 2.45) is 0 Å². The second-order valence-electron chi connectivity index (χ2n) is 5.66. The van der Waals surface area contributed by atoms with Crippen molar-refractivity contribution in [3.63, 3.8) is 0 Å². The van der Waals surface area contributed by atoms with Crippen molar-refractivity contribution in [3.8, 4) is 0 Å². The summed E-state index contributed by atoms with van der Waals surface area (Å²) in [5.41, 5.74) is 0.588. The van der Waals surface area contributed by atoms with Crippen LogP contribution in [0.15, 0.2) is 42.5 Å². The monoisotopic (exact) mass is 312 g/mol. The van der Waals surface area contributed by atoms with E-state index in [1.807, 2.05) is 36.4 Å². The Kier molecular flexibility index (Phi) is 4.57. The number of benzene rings is 2. The van der Waals surface area contributed by atoms with Gasteiger partial charge in [0, 0.05) is 18.7 Å². The Balaban J connectivity index is 1.74. The van der Waals surface area contributed by atoms with Gasteiger partial charge >= 0.3 is 0 Å². The molecule has 3 rings (SSSR count). The van der Waals surface area contributed by atoms with E-state index < -0.39 is 6.04 Å². The molecule has 2 aromatic rings. The number of hydrogen-bond acceptors (Lipinski definition) is 3. The van der Waals surface area contributed by atoms with Crippen molar-refractivity contribution in [2.75, 3.05) is 26.3 Å². The second kappa shape index (κ2) is 6.79. The van der Waals surface area contributed by atoms with Gasteiger partial charge in [-0.3, -0.25) is 9.59 Å². The van der Waals surface area contributed by atoms with Crippen LogP contribution in [0, 0.1) is 0 Å². The highest BCUT2D eigenvalue weighted by Crippen LogP contribution is 2.18. The molecule has 1 atom stereocenters. The molecule has 0 unspecified atom stereocenters. The first-order valence-corrected chi connectivity index (χ1v) is 7.82. The van der Waals surface area contributed by atoms with Crippen molar-refractivity contribution < 1.29 is 14.3 Å². The highest BCUT2D eigenvalue weighted by Gasteiger charge is 2.24. The zero-order valence-corrected chi connectivity index (χ0v) is 13.1. The van der Waals surface area contributed by atoms with E-state index in [1.54, 1.807) is 17.9 Å². The minimum atomic E-state index is -0.556. The number of hydrogen-bond donors (Lipinski definition) is 1. The normalized spacial score (nSPS) is 16.1. The molecule has 0 radical (unpaired) electrons. The molecule has 0 saturated carbocycles. The molecule has 23 heavy (non-hydrogen) atoms. The van der Waals surface area contributed by atoms with Gasteiger partial charge < -0.3 is 15.0 Å². The smallest absolute Gasteiger partial charge is 0.252 e. The van der Waals surface area contributed by atoms with Crippen molar-refractivity contribution in [1.29, 1.82) is 0 Å². The summed E-state index contributed by atoms with van der Waals surface area (Å²) in [6.07, 6.45) is 0. The van der Waals surface area contributed by atoms with Gasteiger partial charge in [-0.1, -0.05) is 36.4 Å². The highest BCUT2D eigenvalue weighted by molar-refractivity contribution is 6.08. The molecule has 5 heteroatoms. The summed E-state index contributed by atoms with van der Waals surface area (Å²) in [5, 5.41) is 4.71. The van der Waals surface area contributed by atoms with Crippen LogP contribution in [0.4, 0.5) is 0 Å². The molecule has 0 aromatic heterocycles. The summed E-state index contributed by atoms with van der Waals surface area (Å²) >= 11 is 0. The van der Waals surface area contributed by atoms with Crippen LogP contribution in [0.5, 0.6) is 0 Å². The largest absolute Gasteiger partial charge is 0.378 e. The van der Waals surface area contributed by atoms with Crippen molar-refractivity contribution in [2.45, 2.75) is 13.0 Å². The Bertz CT molecular complexity index is 718. The van der Waals surface area contributed by atoms with E-state index in [0.29, 0.717) is 31.9 Å². The molecule has 1 fully saturated rings. The summed E-state index contributed by atoms with van der Waals surface area (Å²) < 4.78 is 5.25. The molecule has 2 amide bonds. The van der Waals surface area contributed by atoms with E-state index in [9.17, 15) is 9.59 Å². The lowest BCUT2D eigenvalue weighted by Crippen LogP contribution is -2.50. The van der Waals surface area contributed by atoms with Crippen LogP contribution in [0.25, 0.3) is 10.8 Å². The Hall–Kier alpha value is -2.40. The van der Waals surface area contributed by atoms with Gasteiger partial charge in [-0.2, -0.15) is 0 Å². The fourth-order valence-electron chi connectivity index (χ4n) is 2.82. The van der Waals surface area contributed by atoms with Crippen molar-refractivity contribution >= 4 is 22.6 Å². The van der Waals surface area contributed by atoms with Gasteiger partial charge in [0.05, 0.1) is 13.2 Å². The van der Waals surface area contributed by atoms with Crippen LogP contribution in [-0.4, -0.2) is 49.1 Å². The van der Waals surface area contributed by atoms with E-state index in [2.05, 4.69) is 5.32 Å². The number of nitrogens with one attached hydrogen (secondary N) is 1. The van der Waals surface area contributed by atoms with Crippen LogP contribution in [0.1, 0.15) is 17.3 Å². The number of amides is 2. The first-order valence-electron chi connectivity index (χ1n) is 7.82. The van der Waals surface area contributed by atoms with E-state index in [1.165, 1.54) is 0 Å². The van der Waals surface area contributed by atoms with Gasteiger partial charge in [-0.15, -0.1) is 0 Å². The molecule has 2 aromatic carbocycles. The minimum absolute atomic E-state index is 0.0677. The predicted octanol–water partition coefficient (Wildman–Crippen LogP) is 1.82. The molecule has 120 valence electrons. The first-order chi connectivity index (χ1) is 11.2. The quantitative estimate of drug-likeness (QED) is 0.940. The average Bonchev–Trinajstić information content (AvgIpc) is 2.61. The predicted molar refractivity (Wildman–Crippen MR) is 88.3 cm³/mol. The molecule has 1 heterocycles. The van der Waals surface area contributed by atoms with Gasteiger partial charge in [0.1, 0.15) is 6.04 Å². The van der Waals surface area contributed by atoms with Crippen molar-refractivity contribution in [1.82, 2.24) is 10.2 Å². The maximum absolute atomic E-state index is 12.5. The minimum Gasteiger partial charge on any atom is -0.378 e. The van der Waals surface area contributed by atoms with Crippen LogP contribution >= 0.6 is 0 Å². The van der Waals surface area contributed by atoms with E-state index >= 15 is 0 Å². The molecule has 1 saturated heterocycles. The standard InChI is InChI=1S/C18H20N2O3/c1-13(18(22)20-9-11-23-12-10-20)19-17(21)16-8-4-6-14-5-2-3-7-15(14)16/h2-8,13H,9-12H2,1H3,(H,19,21)/t13-/m0/s1. The summed E-state index contributed by atoms with van der Waals surface area (Å²) in [4.78, 5) is 26.7. The Labute approximate surface area is 135 Å². The number of carbonyl (C=O) groups is 2. The summed E-state index contributed by atoms with van der Waals surface area (Å²) in [5.74, 6) is -0.294. The van der Waals surface area contributed by atoms with E-state index in [0.717, 1.165) is 10.8 Å². The number of nitrogens with zero attached hydrogens (tertiary/aromatic N) is 1. The zero-order valence-electron chi connectivity index (χ0n) is 13.1. The maximum atomic E-state index is 12.5. The van der Waals surface area contributed by atoms with Gasteiger partial charge in [0.2, 0.25) is 5.91 Å². The molecular formula is C18H20N2O3. The third kappa shape index (κ3) is 3.35. The number of rotatable bonds is 3. The third-order valence-electron chi connectivity index (χ3n) is 4.08. The first kappa shape index (κ1) is 15.5. The Morgan fingerprint density at radius 2 is 1.78 bits per heavy atom. The van der Waals surface area contributed by atoms with Crippen LogP contribution < -0.4 is 5.32 Å². The van der Waals surface area contributed by atoms with E-state index in [-0.39, 0.29) is 11.8 Å². The SMILES string of the molecule is C[C@H](NC(=O)c1cccc2ccccc12)C(=O)N1CCOCC1. The summed E-state index contributed by atoms with van der Waals surface area (Å²) in [6, 6.07) is 12.8. The van der Waals surface area contributed by atoms with Gasteiger partial charge in [-0.05, 0) is 23.8 Å². The lowest BCUT2D eigenvalue weighted by molar-refractivity contribution is -0.136. The molecule has 0 spiro atoms. The maximum Gasteiger partial charge on any atom is 0.252 e. The van der Waals surface area contributed by atoms with Gasteiger partial charge in [0.15, 0.2) is 0 Å². The topological polar surface area (TPSA) is 58.6 Å². The molecule has 1 aliphatic heterocycles. The number of ether oxygens (including phenoxy) is 1. The Morgan fingerprint density at radius 1 is 1.09 bits per heavy atom. The van der Waals surface area contributed by atoms with Crippen molar-refractivity contribution in [3.05, 3.63) is 48.0 Å². The number of carbonyl (C=O) groups excluding carboxylic acids is 2. The fourth-order valence-corrected chi connectivity index (χ4v) is 2.82. The zero-order chi connectivity index (χ0) is 16.2. The van der Waals surface area contributed by atoms with E-state index in [4.69, 9.17) is 4.74 Å². The average molecular weight is 312 g/mol. The van der Waals surface area contributed by atoms with Gasteiger partial charge in [-0.25, -0.2) is 0 Å². The second-order valence-corrected chi connectivity index (χ2v) is 5.66. The third-order valence-corrected chi connectivity index (χ3v) is 4.08. The summed E-state index contributed by atoms with van der Waals surface area (Å²) in [7, 11) is 0. The molecule has 0 bridgehead atoms. The Morgan fingerprint density at radius 3 is 2.57 bits per heavy atom. The molecular weight excluding hydrogens is 292 g/mol. The summed E-state index contributed by atoms with van der Waals surface area (Å²) in [6.45, 7) is 3.98. The lowest BCUT2D eigenvalue weighted by Gasteiger charge is -2.29. The molecule has 5 nitrogen and oxygen atoms in total. The molecule has 1 N–H and O–H groups in total.